The number of nitrogens with one attached hydrogen (secondary N) is 1. The summed E-state index contributed by atoms with van der Waals surface area (Å²) in [6, 6.07) is 7.03. The average molecular weight is 396 g/mol. The Morgan fingerprint density at radius 1 is 1.29 bits per heavy atom. The predicted octanol–water partition coefficient (Wildman–Crippen LogP) is 5.18. The Kier molecular flexibility index (Phi) is 4.25. The van der Waals surface area contributed by atoms with E-state index < -0.39 is 0 Å². The smallest absolute Gasteiger partial charge is 0.256 e. The lowest BCUT2D eigenvalue weighted by Crippen LogP contribution is -2.10. The highest BCUT2D eigenvalue weighted by atomic mass is 79.9. The Morgan fingerprint density at radius 2 is 2.06 bits per heavy atom. The van der Waals surface area contributed by atoms with Gasteiger partial charge in [0.25, 0.3) is 5.91 Å². The van der Waals surface area contributed by atoms with Crippen LogP contribution in [0, 0.1) is 0 Å². The molecule has 0 aliphatic carbocycles. The van der Waals surface area contributed by atoms with Crippen molar-refractivity contribution in [1.82, 2.24) is 0 Å². The highest BCUT2D eigenvalue weighted by Gasteiger charge is 2.08. The molecule has 0 aliphatic heterocycles. The molecule has 1 aromatic heterocycles. The minimum Gasteiger partial charge on any atom is -0.322 e. The zero-order valence-electron chi connectivity index (χ0n) is 8.34. The van der Waals surface area contributed by atoms with Crippen LogP contribution in [0.5, 0.6) is 0 Å². The molecule has 6 heteroatoms. The topological polar surface area (TPSA) is 29.1 Å². The van der Waals surface area contributed by atoms with Gasteiger partial charge in [-0.05, 0) is 56.1 Å². The zero-order chi connectivity index (χ0) is 12.4. The molecule has 17 heavy (non-hydrogen) atoms. The maximum atomic E-state index is 11.9. The van der Waals surface area contributed by atoms with Crippen LogP contribution in [0.3, 0.4) is 0 Å². The lowest BCUT2D eigenvalue weighted by Gasteiger charge is -2.05. The molecule has 0 bridgehead atoms. The molecule has 0 fully saturated rings. The number of hydrogen-bond acceptors (Lipinski definition) is 2. The van der Waals surface area contributed by atoms with Gasteiger partial charge >= 0.3 is 0 Å². The molecule has 1 amide bonds. The van der Waals surface area contributed by atoms with Crippen molar-refractivity contribution in [1.29, 1.82) is 0 Å². The molecule has 1 N–H and O–H groups in total. The summed E-state index contributed by atoms with van der Waals surface area (Å²) in [6.45, 7) is 0. The summed E-state index contributed by atoms with van der Waals surface area (Å²) < 4.78 is 1.68. The van der Waals surface area contributed by atoms with Crippen LogP contribution in [0.2, 0.25) is 5.02 Å². The van der Waals surface area contributed by atoms with E-state index in [1.807, 2.05) is 0 Å². The van der Waals surface area contributed by atoms with Crippen molar-refractivity contribution in [2.45, 2.75) is 0 Å². The lowest BCUT2D eigenvalue weighted by molar-refractivity contribution is 0.102. The Labute approximate surface area is 124 Å². The fourth-order valence-corrected chi connectivity index (χ4v) is 2.84. The molecule has 1 aromatic carbocycles. The molecule has 0 saturated carbocycles. The number of carbonyl (C=O) groups excluding carboxylic acids is 1. The Morgan fingerprint density at radius 3 is 2.65 bits per heavy atom. The number of anilines is 1. The van der Waals surface area contributed by atoms with Gasteiger partial charge in [-0.3, -0.25) is 4.79 Å². The van der Waals surface area contributed by atoms with Crippen molar-refractivity contribution in [2.75, 3.05) is 5.32 Å². The van der Waals surface area contributed by atoms with Gasteiger partial charge in [0.05, 0.1) is 14.4 Å². The van der Waals surface area contributed by atoms with Crippen LogP contribution in [-0.4, -0.2) is 5.91 Å². The fraction of sp³-hybridized carbons (Fsp3) is 0. The molecule has 0 saturated heterocycles. The van der Waals surface area contributed by atoms with Crippen LogP contribution in [0.25, 0.3) is 0 Å². The molecule has 2 rings (SSSR count). The standard InChI is InChI=1S/C11H6Br2ClNOS/c12-8-4-7(1-2-9(8)14)15-11(16)6-3-10(13)17-5-6/h1-5H,(H,15,16). The summed E-state index contributed by atoms with van der Waals surface area (Å²) in [5, 5.41) is 5.21. The van der Waals surface area contributed by atoms with E-state index in [4.69, 9.17) is 11.6 Å². The first-order valence-corrected chi connectivity index (χ1v) is 7.41. The molecule has 2 nitrogen and oxygen atoms in total. The van der Waals surface area contributed by atoms with Crippen molar-refractivity contribution < 1.29 is 4.79 Å². The minimum absolute atomic E-state index is 0.138. The average Bonchev–Trinajstić information content (AvgIpc) is 2.70. The highest BCUT2D eigenvalue weighted by Crippen LogP contribution is 2.26. The van der Waals surface area contributed by atoms with E-state index in [-0.39, 0.29) is 5.91 Å². The molecule has 0 radical (unpaired) electrons. The zero-order valence-corrected chi connectivity index (χ0v) is 13.1. The summed E-state index contributed by atoms with van der Waals surface area (Å²) in [6.07, 6.45) is 0. The van der Waals surface area contributed by atoms with E-state index in [2.05, 4.69) is 37.2 Å². The van der Waals surface area contributed by atoms with Gasteiger partial charge in [0.1, 0.15) is 0 Å². The van der Waals surface area contributed by atoms with Gasteiger partial charge in [0.15, 0.2) is 0 Å². The van der Waals surface area contributed by atoms with E-state index in [9.17, 15) is 4.79 Å². The summed E-state index contributed by atoms with van der Waals surface area (Å²) in [5.74, 6) is -0.138. The molecule has 1 heterocycles. The first-order valence-electron chi connectivity index (χ1n) is 4.56. The van der Waals surface area contributed by atoms with Crippen molar-refractivity contribution in [3.05, 3.63) is 48.5 Å². The van der Waals surface area contributed by atoms with Crippen LogP contribution < -0.4 is 5.32 Å². The van der Waals surface area contributed by atoms with Gasteiger partial charge in [-0.25, -0.2) is 0 Å². The minimum atomic E-state index is -0.138. The third-order valence-electron chi connectivity index (χ3n) is 2.01. The summed E-state index contributed by atoms with van der Waals surface area (Å²) >= 11 is 14.0. The monoisotopic (exact) mass is 393 g/mol. The van der Waals surface area contributed by atoms with Crippen LogP contribution >= 0.6 is 54.8 Å². The Balaban J connectivity index is 2.15. The molecular weight excluding hydrogens is 389 g/mol. The quantitative estimate of drug-likeness (QED) is 0.746. The van der Waals surface area contributed by atoms with Crippen LogP contribution in [0.1, 0.15) is 10.4 Å². The van der Waals surface area contributed by atoms with Gasteiger partial charge in [0, 0.05) is 15.5 Å². The largest absolute Gasteiger partial charge is 0.322 e. The maximum Gasteiger partial charge on any atom is 0.256 e. The van der Waals surface area contributed by atoms with E-state index in [1.165, 1.54) is 11.3 Å². The predicted molar refractivity (Wildman–Crippen MR) is 79.1 cm³/mol. The van der Waals surface area contributed by atoms with Crippen molar-refractivity contribution in [3.8, 4) is 0 Å². The third-order valence-corrected chi connectivity index (χ3v) is 4.73. The molecular formula is C11H6Br2ClNOS. The lowest BCUT2D eigenvalue weighted by atomic mass is 10.3. The van der Waals surface area contributed by atoms with Crippen molar-refractivity contribution >= 4 is 66.4 Å². The number of thiophene rings is 1. The Bertz CT molecular complexity index is 570. The van der Waals surface area contributed by atoms with Gasteiger partial charge in [-0.2, -0.15) is 0 Å². The van der Waals surface area contributed by atoms with E-state index in [1.54, 1.807) is 29.6 Å². The highest BCUT2D eigenvalue weighted by molar-refractivity contribution is 9.11. The summed E-state index contributed by atoms with van der Waals surface area (Å²) in [4.78, 5) is 11.9. The number of amides is 1. The number of hydrogen-bond donors (Lipinski definition) is 1. The third kappa shape index (κ3) is 3.31. The SMILES string of the molecule is O=C(Nc1ccc(Cl)c(Br)c1)c1csc(Br)c1. The first-order chi connectivity index (χ1) is 8.06. The second-order valence-electron chi connectivity index (χ2n) is 3.22. The van der Waals surface area contributed by atoms with Crippen LogP contribution in [0.15, 0.2) is 37.9 Å². The van der Waals surface area contributed by atoms with E-state index in [0.717, 1.165) is 8.26 Å². The summed E-state index contributed by atoms with van der Waals surface area (Å²) in [7, 11) is 0. The Hall–Kier alpha value is -0.360. The van der Waals surface area contributed by atoms with Gasteiger partial charge in [-0.1, -0.05) is 11.6 Å². The molecule has 2 aromatic rings. The molecule has 0 unspecified atom stereocenters. The molecule has 0 atom stereocenters. The second-order valence-corrected chi connectivity index (χ2v) is 6.77. The van der Waals surface area contributed by atoms with Crippen molar-refractivity contribution in [2.24, 2.45) is 0 Å². The van der Waals surface area contributed by atoms with Gasteiger partial charge < -0.3 is 5.32 Å². The van der Waals surface area contributed by atoms with E-state index in [0.29, 0.717) is 16.3 Å². The van der Waals surface area contributed by atoms with Gasteiger partial charge in [-0.15, -0.1) is 11.3 Å². The molecule has 0 aliphatic rings. The normalized spacial score (nSPS) is 10.3. The second kappa shape index (κ2) is 5.52. The van der Waals surface area contributed by atoms with Crippen molar-refractivity contribution in [3.63, 3.8) is 0 Å². The number of halogens is 3. The van der Waals surface area contributed by atoms with E-state index >= 15 is 0 Å². The number of rotatable bonds is 2. The molecule has 88 valence electrons. The van der Waals surface area contributed by atoms with Crippen LogP contribution in [-0.2, 0) is 0 Å². The number of benzene rings is 1. The van der Waals surface area contributed by atoms with Crippen LogP contribution in [0.4, 0.5) is 5.69 Å². The van der Waals surface area contributed by atoms with Gasteiger partial charge in [0.2, 0.25) is 0 Å². The molecule has 0 spiro atoms. The fourth-order valence-electron chi connectivity index (χ4n) is 1.21. The summed E-state index contributed by atoms with van der Waals surface area (Å²) in [5.41, 5.74) is 1.33. The first kappa shape index (κ1) is 13.1. The maximum absolute atomic E-state index is 11.9. The number of carbonyl (C=O) groups is 1.